The van der Waals surface area contributed by atoms with Gasteiger partial charge >= 0.3 is 0 Å². The van der Waals surface area contributed by atoms with Gasteiger partial charge in [-0.3, -0.25) is 9.59 Å². The first-order chi connectivity index (χ1) is 16.7. The number of carbonyl (C=O) groups excluding carboxylic acids is 2. The SMILES string of the molecule is O=C(CCCc1nnc(-c2ccccc2)o1)N1CCN(C(=O)Cc2c[nH]c3ccccc23)CC1. The maximum atomic E-state index is 12.8. The van der Waals surface area contributed by atoms with Crippen LogP contribution in [0.5, 0.6) is 0 Å². The number of rotatable bonds is 7. The fourth-order valence-corrected chi connectivity index (χ4v) is 4.36. The van der Waals surface area contributed by atoms with E-state index in [1.165, 1.54) is 0 Å². The van der Waals surface area contributed by atoms with Crippen LogP contribution in [0.4, 0.5) is 0 Å². The Morgan fingerprint density at radius 1 is 0.882 bits per heavy atom. The van der Waals surface area contributed by atoms with E-state index >= 15 is 0 Å². The van der Waals surface area contributed by atoms with Gasteiger partial charge in [-0.25, -0.2) is 0 Å². The van der Waals surface area contributed by atoms with Crippen LogP contribution in [0.2, 0.25) is 0 Å². The molecule has 0 aliphatic carbocycles. The van der Waals surface area contributed by atoms with Crippen LogP contribution in [0, 0.1) is 0 Å². The minimum Gasteiger partial charge on any atom is -0.421 e. The van der Waals surface area contributed by atoms with Crippen molar-refractivity contribution in [1.82, 2.24) is 25.0 Å². The highest BCUT2D eigenvalue weighted by molar-refractivity contribution is 5.89. The van der Waals surface area contributed by atoms with E-state index in [4.69, 9.17) is 4.42 Å². The average Bonchev–Trinajstić information content (AvgIpc) is 3.52. The average molecular weight is 458 g/mol. The number of benzene rings is 2. The number of hydrogen-bond donors (Lipinski definition) is 1. The summed E-state index contributed by atoms with van der Waals surface area (Å²) in [5.74, 6) is 1.24. The predicted octanol–water partition coefficient (Wildman–Crippen LogP) is 3.45. The molecule has 1 N–H and O–H groups in total. The molecule has 5 rings (SSSR count). The summed E-state index contributed by atoms with van der Waals surface area (Å²) in [6.07, 6.45) is 3.91. The zero-order valence-corrected chi connectivity index (χ0v) is 18.9. The number of para-hydroxylation sites is 1. The smallest absolute Gasteiger partial charge is 0.247 e. The number of nitrogens with zero attached hydrogens (tertiary/aromatic N) is 4. The van der Waals surface area contributed by atoms with Crippen LogP contribution in [0.15, 0.2) is 65.2 Å². The van der Waals surface area contributed by atoms with Crippen LogP contribution in [0.25, 0.3) is 22.4 Å². The number of H-pyrrole nitrogens is 1. The quantitative estimate of drug-likeness (QED) is 0.459. The molecule has 1 aliphatic heterocycles. The second-order valence-corrected chi connectivity index (χ2v) is 8.52. The molecule has 174 valence electrons. The second-order valence-electron chi connectivity index (χ2n) is 8.52. The summed E-state index contributed by atoms with van der Waals surface area (Å²) in [5, 5.41) is 9.27. The Hall–Kier alpha value is -3.94. The summed E-state index contributed by atoms with van der Waals surface area (Å²) in [5.41, 5.74) is 2.93. The van der Waals surface area contributed by atoms with Gasteiger partial charge < -0.3 is 19.2 Å². The molecule has 3 heterocycles. The summed E-state index contributed by atoms with van der Waals surface area (Å²) >= 11 is 0. The number of amides is 2. The molecule has 0 unspecified atom stereocenters. The third-order valence-electron chi connectivity index (χ3n) is 6.27. The van der Waals surface area contributed by atoms with E-state index in [1.807, 2.05) is 70.6 Å². The van der Waals surface area contributed by atoms with E-state index in [9.17, 15) is 9.59 Å². The molecule has 2 amide bonds. The van der Waals surface area contributed by atoms with Gasteiger partial charge in [-0.1, -0.05) is 36.4 Å². The van der Waals surface area contributed by atoms with Gasteiger partial charge in [0.2, 0.25) is 23.6 Å². The molecule has 34 heavy (non-hydrogen) atoms. The molecule has 2 aromatic heterocycles. The van der Waals surface area contributed by atoms with E-state index in [1.54, 1.807) is 0 Å². The number of nitrogens with one attached hydrogen (secondary N) is 1. The molecule has 0 radical (unpaired) electrons. The van der Waals surface area contributed by atoms with Gasteiger partial charge in [0.25, 0.3) is 0 Å². The Morgan fingerprint density at radius 2 is 1.59 bits per heavy atom. The third kappa shape index (κ3) is 4.85. The van der Waals surface area contributed by atoms with Crippen molar-refractivity contribution in [3.8, 4) is 11.5 Å². The van der Waals surface area contributed by atoms with Crippen LogP contribution in [0.1, 0.15) is 24.3 Å². The van der Waals surface area contributed by atoms with Gasteiger partial charge in [0.05, 0.1) is 6.42 Å². The van der Waals surface area contributed by atoms with Gasteiger partial charge in [0, 0.05) is 61.7 Å². The van der Waals surface area contributed by atoms with E-state index in [2.05, 4.69) is 15.2 Å². The van der Waals surface area contributed by atoms with Gasteiger partial charge in [-0.05, 0) is 30.2 Å². The molecule has 2 aromatic carbocycles. The van der Waals surface area contributed by atoms with Crippen molar-refractivity contribution in [3.05, 3.63) is 72.2 Å². The standard InChI is InChI=1S/C26H27N5O3/c32-24(12-6-11-23-28-29-26(34-23)19-7-2-1-3-8-19)30-13-15-31(16-14-30)25(33)17-20-18-27-22-10-5-4-9-21(20)22/h1-5,7-10,18,27H,6,11-17H2. The van der Waals surface area contributed by atoms with Crippen molar-refractivity contribution < 1.29 is 14.0 Å². The summed E-state index contributed by atoms with van der Waals surface area (Å²) in [6, 6.07) is 17.6. The summed E-state index contributed by atoms with van der Waals surface area (Å²) in [4.78, 5) is 32.4. The fourth-order valence-electron chi connectivity index (χ4n) is 4.36. The Balaban J connectivity index is 1.06. The van der Waals surface area contributed by atoms with E-state index in [-0.39, 0.29) is 11.8 Å². The molecule has 4 aromatic rings. The van der Waals surface area contributed by atoms with Gasteiger partial charge in [0.15, 0.2) is 0 Å². The summed E-state index contributed by atoms with van der Waals surface area (Å²) in [7, 11) is 0. The van der Waals surface area contributed by atoms with Crippen molar-refractivity contribution in [2.24, 2.45) is 0 Å². The maximum absolute atomic E-state index is 12.8. The topological polar surface area (TPSA) is 95.3 Å². The Kier molecular flexibility index (Phi) is 6.38. The zero-order chi connectivity index (χ0) is 23.3. The first kappa shape index (κ1) is 21.9. The molecule has 0 saturated carbocycles. The number of hydrogen-bond acceptors (Lipinski definition) is 5. The van der Waals surface area contributed by atoms with Gasteiger partial charge in [-0.2, -0.15) is 0 Å². The molecule has 1 aliphatic rings. The highest BCUT2D eigenvalue weighted by Gasteiger charge is 2.24. The lowest BCUT2D eigenvalue weighted by Gasteiger charge is -2.35. The minimum absolute atomic E-state index is 0.0995. The van der Waals surface area contributed by atoms with E-state index in [0.29, 0.717) is 63.6 Å². The van der Waals surface area contributed by atoms with Crippen molar-refractivity contribution in [1.29, 1.82) is 0 Å². The molecular weight excluding hydrogens is 430 g/mol. The van der Waals surface area contributed by atoms with Crippen molar-refractivity contribution in [2.45, 2.75) is 25.7 Å². The van der Waals surface area contributed by atoms with Crippen molar-refractivity contribution in [2.75, 3.05) is 26.2 Å². The largest absolute Gasteiger partial charge is 0.421 e. The highest BCUT2D eigenvalue weighted by atomic mass is 16.4. The van der Waals surface area contributed by atoms with Gasteiger partial charge in [-0.15, -0.1) is 10.2 Å². The molecule has 0 bridgehead atoms. The predicted molar refractivity (Wildman–Crippen MR) is 128 cm³/mol. The number of aromatic amines is 1. The normalized spacial score (nSPS) is 14.0. The number of piperazine rings is 1. The highest BCUT2D eigenvalue weighted by Crippen LogP contribution is 2.20. The van der Waals surface area contributed by atoms with Crippen LogP contribution < -0.4 is 0 Å². The fraction of sp³-hybridized carbons (Fsp3) is 0.308. The van der Waals surface area contributed by atoms with Crippen LogP contribution in [0.3, 0.4) is 0 Å². The molecule has 1 fully saturated rings. The monoisotopic (exact) mass is 457 g/mol. The van der Waals surface area contributed by atoms with Crippen LogP contribution in [-0.2, 0) is 22.4 Å². The number of aryl methyl sites for hydroxylation is 1. The number of fused-ring (bicyclic) bond motifs is 1. The van der Waals surface area contributed by atoms with Gasteiger partial charge in [0.1, 0.15) is 0 Å². The first-order valence-electron chi connectivity index (χ1n) is 11.7. The van der Waals surface area contributed by atoms with E-state index in [0.717, 1.165) is 22.0 Å². The zero-order valence-electron chi connectivity index (χ0n) is 18.9. The molecule has 8 heteroatoms. The summed E-state index contributed by atoms with van der Waals surface area (Å²) < 4.78 is 5.71. The van der Waals surface area contributed by atoms with Crippen molar-refractivity contribution in [3.63, 3.8) is 0 Å². The van der Waals surface area contributed by atoms with Crippen molar-refractivity contribution >= 4 is 22.7 Å². The Bertz CT molecular complexity index is 1270. The summed E-state index contributed by atoms with van der Waals surface area (Å²) in [6.45, 7) is 2.27. The lowest BCUT2D eigenvalue weighted by Crippen LogP contribution is -2.51. The Morgan fingerprint density at radius 3 is 2.38 bits per heavy atom. The lowest BCUT2D eigenvalue weighted by atomic mass is 10.1. The number of carbonyl (C=O) groups is 2. The molecule has 0 atom stereocenters. The molecule has 8 nitrogen and oxygen atoms in total. The molecule has 1 saturated heterocycles. The number of aromatic nitrogens is 3. The minimum atomic E-state index is 0.0995. The first-order valence-corrected chi connectivity index (χ1v) is 11.7. The van der Waals surface area contributed by atoms with E-state index < -0.39 is 0 Å². The lowest BCUT2D eigenvalue weighted by molar-refractivity contribution is -0.139. The van der Waals surface area contributed by atoms with Crippen LogP contribution >= 0.6 is 0 Å². The third-order valence-corrected chi connectivity index (χ3v) is 6.27. The molecular formula is C26H27N5O3. The second kappa shape index (κ2) is 9.91. The molecule has 0 spiro atoms. The van der Waals surface area contributed by atoms with Crippen LogP contribution in [-0.4, -0.2) is 63.0 Å². The Labute approximate surface area is 197 Å². The maximum Gasteiger partial charge on any atom is 0.247 e.